The molecule has 3 nitrogen and oxygen atoms in total. The van der Waals surface area contributed by atoms with Gasteiger partial charge in [-0.2, -0.15) is 0 Å². The minimum atomic E-state index is -0.130. The molecule has 1 aliphatic carbocycles. The third-order valence-electron chi connectivity index (χ3n) is 5.11. The molecule has 1 saturated carbocycles. The number of nitrogens with one attached hydrogen (secondary N) is 1. The number of hydrogen-bond donors (Lipinski definition) is 2. The van der Waals surface area contributed by atoms with E-state index in [9.17, 15) is 5.11 Å². The summed E-state index contributed by atoms with van der Waals surface area (Å²) in [6, 6.07) is 0. The van der Waals surface area contributed by atoms with E-state index in [0.29, 0.717) is 5.41 Å². The van der Waals surface area contributed by atoms with Crippen LogP contribution in [0.15, 0.2) is 0 Å². The number of piperidine rings is 1. The van der Waals surface area contributed by atoms with Gasteiger partial charge in [-0.05, 0) is 57.7 Å². The summed E-state index contributed by atoms with van der Waals surface area (Å²) in [6.45, 7) is 8.82. The highest BCUT2D eigenvalue weighted by molar-refractivity contribution is 4.93. The average Bonchev–Trinajstić information content (AvgIpc) is 2.82. The SMILES string of the molecule is CCNC(C)(CO)CN1CCC2(CCCC2)CC1. The predicted octanol–water partition coefficient (Wildman–Crippen LogP) is 2.00. The molecule has 0 amide bonds. The van der Waals surface area contributed by atoms with Crippen LogP contribution in [0.1, 0.15) is 52.4 Å². The molecule has 2 rings (SSSR count). The molecule has 2 fully saturated rings. The lowest BCUT2D eigenvalue weighted by Gasteiger charge is -2.43. The van der Waals surface area contributed by atoms with Crippen molar-refractivity contribution in [1.82, 2.24) is 10.2 Å². The molecule has 106 valence electrons. The fourth-order valence-corrected chi connectivity index (χ4v) is 3.89. The molecule has 1 saturated heterocycles. The molecule has 0 aromatic rings. The molecule has 0 radical (unpaired) electrons. The highest BCUT2D eigenvalue weighted by Gasteiger charge is 2.38. The third kappa shape index (κ3) is 3.25. The number of aliphatic hydroxyl groups is 1. The summed E-state index contributed by atoms with van der Waals surface area (Å²) >= 11 is 0. The van der Waals surface area contributed by atoms with E-state index in [2.05, 4.69) is 24.1 Å². The van der Waals surface area contributed by atoms with E-state index >= 15 is 0 Å². The second-order valence-corrected chi connectivity index (χ2v) is 6.73. The Kier molecular flexibility index (Phi) is 4.68. The summed E-state index contributed by atoms with van der Waals surface area (Å²) in [4.78, 5) is 2.54. The van der Waals surface area contributed by atoms with E-state index in [-0.39, 0.29) is 12.1 Å². The lowest BCUT2D eigenvalue weighted by atomic mass is 9.77. The molecule has 1 heterocycles. The minimum absolute atomic E-state index is 0.130. The topological polar surface area (TPSA) is 35.5 Å². The van der Waals surface area contributed by atoms with Crippen molar-refractivity contribution in [3.8, 4) is 0 Å². The summed E-state index contributed by atoms with van der Waals surface area (Å²) in [5.41, 5.74) is 0.569. The molecule has 0 bridgehead atoms. The van der Waals surface area contributed by atoms with Crippen LogP contribution in [-0.4, -0.2) is 48.3 Å². The van der Waals surface area contributed by atoms with Crippen LogP contribution in [-0.2, 0) is 0 Å². The van der Waals surface area contributed by atoms with Gasteiger partial charge in [0.05, 0.1) is 12.1 Å². The van der Waals surface area contributed by atoms with Crippen LogP contribution in [0.2, 0.25) is 0 Å². The molecule has 1 spiro atoms. The lowest BCUT2D eigenvalue weighted by Crippen LogP contribution is -2.55. The minimum Gasteiger partial charge on any atom is -0.394 e. The van der Waals surface area contributed by atoms with E-state index in [0.717, 1.165) is 13.1 Å². The Morgan fingerprint density at radius 1 is 1.17 bits per heavy atom. The van der Waals surface area contributed by atoms with Gasteiger partial charge in [0.1, 0.15) is 0 Å². The molecule has 2 aliphatic rings. The fourth-order valence-electron chi connectivity index (χ4n) is 3.89. The van der Waals surface area contributed by atoms with Gasteiger partial charge in [0.15, 0.2) is 0 Å². The quantitative estimate of drug-likeness (QED) is 0.788. The largest absolute Gasteiger partial charge is 0.394 e. The van der Waals surface area contributed by atoms with E-state index in [1.165, 1.54) is 51.6 Å². The number of hydrogen-bond acceptors (Lipinski definition) is 3. The highest BCUT2D eigenvalue weighted by Crippen LogP contribution is 2.46. The zero-order valence-corrected chi connectivity index (χ0v) is 12.2. The summed E-state index contributed by atoms with van der Waals surface area (Å²) < 4.78 is 0. The van der Waals surface area contributed by atoms with E-state index < -0.39 is 0 Å². The molecular formula is C15H30N2O. The first-order valence-corrected chi connectivity index (χ1v) is 7.70. The molecule has 18 heavy (non-hydrogen) atoms. The van der Waals surface area contributed by atoms with Crippen molar-refractivity contribution < 1.29 is 5.11 Å². The van der Waals surface area contributed by atoms with Crippen molar-refractivity contribution in [2.45, 2.75) is 57.9 Å². The van der Waals surface area contributed by atoms with Crippen LogP contribution in [0.25, 0.3) is 0 Å². The monoisotopic (exact) mass is 254 g/mol. The predicted molar refractivity (Wildman–Crippen MR) is 75.7 cm³/mol. The fraction of sp³-hybridized carbons (Fsp3) is 1.00. The van der Waals surface area contributed by atoms with Crippen LogP contribution in [0.3, 0.4) is 0 Å². The van der Waals surface area contributed by atoms with Gasteiger partial charge >= 0.3 is 0 Å². The maximum atomic E-state index is 9.56. The Balaban J connectivity index is 1.82. The Hall–Kier alpha value is -0.120. The first-order chi connectivity index (χ1) is 8.61. The molecule has 2 N–H and O–H groups in total. The summed E-state index contributed by atoms with van der Waals surface area (Å²) in [7, 11) is 0. The second-order valence-electron chi connectivity index (χ2n) is 6.73. The van der Waals surface area contributed by atoms with Gasteiger partial charge in [0.2, 0.25) is 0 Å². The van der Waals surface area contributed by atoms with Crippen LogP contribution in [0.5, 0.6) is 0 Å². The molecule has 1 aliphatic heterocycles. The standard InChI is InChI=1S/C15H30N2O/c1-3-16-14(2,13-18)12-17-10-8-15(9-11-17)6-4-5-7-15/h16,18H,3-13H2,1-2H3. The molecule has 1 atom stereocenters. The van der Waals surface area contributed by atoms with Crippen LogP contribution in [0, 0.1) is 5.41 Å². The van der Waals surface area contributed by atoms with Crippen molar-refractivity contribution >= 4 is 0 Å². The van der Waals surface area contributed by atoms with Gasteiger partial charge in [0.25, 0.3) is 0 Å². The van der Waals surface area contributed by atoms with Crippen molar-refractivity contribution in [3.63, 3.8) is 0 Å². The summed E-state index contributed by atoms with van der Waals surface area (Å²) in [5.74, 6) is 0. The highest BCUT2D eigenvalue weighted by atomic mass is 16.3. The van der Waals surface area contributed by atoms with E-state index in [1.807, 2.05) is 0 Å². The molecule has 3 heteroatoms. The lowest BCUT2D eigenvalue weighted by molar-refractivity contribution is 0.0658. The number of rotatable bonds is 5. The first kappa shape index (κ1) is 14.3. The average molecular weight is 254 g/mol. The van der Waals surface area contributed by atoms with Gasteiger partial charge in [-0.15, -0.1) is 0 Å². The number of likely N-dealkylation sites (N-methyl/N-ethyl adjacent to an activating group) is 1. The zero-order chi connectivity index (χ0) is 13.1. The molecular weight excluding hydrogens is 224 g/mol. The summed E-state index contributed by atoms with van der Waals surface area (Å²) in [6.07, 6.45) is 8.58. The van der Waals surface area contributed by atoms with Gasteiger partial charge in [-0.25, -0.2) is 0 Å². The first-order valence-electron chi connectivity index (χ1n) is 7.70. The van der Waals surface area contributed by atoms with E-state index in [1.54, 1.807) is 0 Å². The van der Waals surface area contributed by atoms with Crippen molar-refractivity contribution in [2.24, 2.45) is 5.41 Å². The Morgan fingerprint density at radius 3 is 2.28 bits per heavy atom. The maximum absolute atomic E-state index is 9.56. The van der Waals surface area contributed by atoms with E-state index in [4.69, 9.17) is 0 Å². The second kappa shape index (κ2) is 5.89. The van der Waals surface area contributed by atoms with Gasteiger partial charge in [-0.3, -0.25) is 0 Å². The van der Waals surface area contributed by atoms with Crippen LogP contribution < -0.4 is 5.32 Å². The van der Waals surface area contributed by atoms with Gasteiger partial charge < -0.3 is 15.3 Å². The van der Waals surface area contributed by atoms with Gasteiger partial charge in [0, 0.05) is 6.54 Å². The van der Waals surface area contributed by atoms with Crippen molar-refractivity contribution in [1.29, 1.82) is 0 Å². The summed E-state index contributed by atoms with van der Waals surface area (Å²) in [5, 5.41) is 13.0. The third-order valence-corrected chi connectivity index (χ3v) is 5.11. The van der Waals surface area contributed by atoms with Gasteiger partial charge in [-0.1, -0.05) is 19.8 Å². The Morgan fingerprint density at radius 2 is 1.78 bits per heavy atom. The number of nitrogens with zero attached hydrogens (tertiary/aromatic N) is 1. The maximum Gasteiger partial charge on any atom is 0.0623 e. The van der Waals surface area contributed by atoms with Crippen molar-refractivity contribution in [3.05, 3.63) is 0 Å². The molecule has 0 aromatic heterocycles. The number of aliphatic hydroxyl groups excluding tert-OH is 1. The van der Waals surface area contributed by atoms with Crippen LogP contribution in [0.4, 0.5) is 0 Å². The number of likely N-dealkylation sites (tertiary alicyclic amines) is 1. The molecule has 0 aromatic carbocycles. The van der Waals surface area contributed by atoms with Crippen molar-refractivity contribution in [2.75, 3.05) is 32.8 Å². The smallest absolute Gasteiger partial charge is 0.0623 e. The Labute approximate surface area is 112 Å². The zero-order valence-electron chi connectivity index (χ0n) is 12.2. The van der Waals surface area contributed by atoms with Crippen LogP contribution >= 0.6 is 0 Å². The molecule has 1 unspecified atom stereocenters. The Bertz CT molecular complexity index is 253. The normalized spacial score (nSPS) is 27.5.